The molecule has 0 aliphatic carbocycles. The number of amides is 2. The van der Waals surface area contributed by atoms with Gasteiger partial charge in [-0.2, -0.15) is 0 Å². The normalized spacial score (nSPS) is 11.3. The molecule has 0 aliphatic heterocycles. The van der Waals surface area contributed by atoms with Crippen molar-refractivity contribution in [3.8, 4) is 11.5 Å². The molecule has 0 aromatic heterocycles. The van der Waals surface area contributed by atoms with Crippen LogP contribution in [0.4, 0.5) is 5.69 Å². The van der Waals surface area contributed by atoms with Gasteiger partial charge in [-0.3, -0.25) is 9.59 Å². The van der Waals surface area contributed by atoms with Crippen LogP contribution in [0.15, 0.2) is 36.4 Å². The fraction of sp³-hybridized carbons (Fsp3) is 0.360. The Labute approximate surface area is 203 Å². The zero-order valence-corrected chi connectivity index (χ0v) is 20.6. The third kappa shape index (κ3) is 7.46. The Morgan fingerprint density at radius 3 is 2.06 bits per heavy atom. The van der Waals surface area contributed by atoms with Crippen molar-refractivity contribution in [3.63, 3.8) is 0 Å². The molecule has 0 saturated heterocycles. The summed E-state index contributed by atoms with van der Waals surface area (Å²) in [6.07, 6.45) is 0. The molecule has 2 amide bonds. The van der Waals surface area contributed by atoms with E-state index in [1.165, 1.54) is 39.5 Å². The number of nitrogens with one attached hydrogen (secondary N) is 2. The summed E-state index contributed by atoms with van der Waals surface area (Å²) in [6, 6.07) is 8.34. The van der Waals surface area contributed by atoms with Crippen molar-refractivity contribution >= 4 is 29.4 Å². The standard InChI is InChI=1S/C25H30N2O8/c1-14(2)22(27-23(29)17-9-18(32-4)12-19(10-17)33-5)25(31)35-13-21(28)26-20-11-16(24(30)34-6)8-7-15(20)3/h7-12,14,22H,13H2,1-6H3,(H,26,28)(H,27,29)/t22-/m0/s1. The second-order valence-corrected chi connectivity index (χ2v) is 7.97. The molecule has 2 aromatic rings. The maximum absolute atomic E-state index is 12.8. The number of benzene rings is 2. The molecule has 35 heavy (non-hydrogen) atoms. The molecular weight excluding hydrogens is 456 g/mol. The van der Waals surface area contributed by atoms with E-state index in [1.54, 1.807) is 39.0 Å². The molecule has 2 aromatic carbocycles. The number of hydrogen-bond acceptors (Lipinski definition) is 8. The predicted octanol–water partition coefficient (Wildman–Crippen LogP) is 2.74. The molecule has 0 unspecified atom stereocenters. The summed E-state index contributed by atoms with van der Waals surface area (Å²) < 4.78 is 20.2. The van der Waals surface area contributed by atoms with Gasteiger partial charge in [0.2, 0.25) is 0 Å². The molecule has 2 N–H and O–H groups in total. The predicted molar refractivity (Wildman–Crippen MR) is 128 cm³/mol. The fourth-order valence-electron chi connectivity index (χ4n) is 3.08. The van der Waals surface area contributed by atoms with Crippen LogP contribution in [-0.4, -0.2) is 57.7 Å². The Balaban J connectivity index is 2.04. The highest BCUT2D eigenvalue weighted by Crippen LogP contribution is 2.23. The highest BCUT2D eigenvalue weighted by Gasteiger charge is 2.27. The average Bonchev–Trinajstić information content (AvgIpc) is 2.85. The zero-order chi connectivity index (χ0) is 26.1. The molecule has 0 radical (unpaired) electrons. The largest absolute Gasteiger partial charge is 0.497 e. The van der Waals surface area contributed by atoms with E-state index in [4.69, 9.17) is 14.2 Å². The maximum Gasteiger partial charge on any atom is 0.337 e. The van der Waals surface area contributed by atoms with E-state index in [1.807, 2.05) is 0 Å². The SMILES string of the molecule is COC(=O)c1ccc(C)c(NC(=O)COC(=O)[C@@H](NC(=O)c2cc(OC)cc(OC)c2)C(C)C)c1. The van der Waals surface area contributed by atoms with Crippen molar-refractivity contribution in [2.45, 2.75) is 26.8 Å². The van der Waals surface area contributed by atoms with Gasteiger partial charge in [0.25, 0.3) is 11.8 Å². The summed E-state index contributed by atoms with van der Waals surface area (Å²) in [4.78, 5) is 49.6. The molecule has 0 aliphatic rings. The lowest BCUT2D eigenvalue weighted by Gasteiger charge is -2.21. The van der Waals surface area contributed by atoms with Gasteiger partial charge in [0.15, 0.2) is 6.61 Å². The van der Waals surface area contributed by atoms with E-state index in [0.29, 0.717) is 22.7 Å². The van der Waals surface area contributed by atoms with Crippen molar-refractivity contribution < 1.29 is 38.1 Å². The monoisotopic (exact) mass is 486 g/mol. The third-order valence-electron chi connectivity index (χ3n) is 5.10. The van der Waals surface area contributed by atoms with Crippen molar-refractivity contribution in [2.24, 2.45) is 5.92 Å². The zero-order valence-electron chi connectivity index (χ0n) is 20.6. The molecule has 0 bridgehead atoms. The lowest BCUT2D eigenvalue weighted by molar-refractivity contribution is -0.150. The van der Waals surface area contributed by atoms with E-state index in [9.17, 15) is 19.2 Å². The van der Waals surface area contributed by atoms with Crippen molar-refractivity contribution in [3.05, 3.63) is 53.1 Å². The van der Waals surface area contributed by atoms with Gasteiger partial charge in [0.05, 0.1) is 26.9 Å². The number of aryl methyl sites for hydroxylation is 1. The highest BCUT2D eigenvalue weighted by molar-refractivity contribution is 5.99. The van der Waals surface area contributed by atoms with E-state index >= 15 is 0 Å². The summed E-state index contributed by atoms with van der Waals surface area (Å²) in [5.41, 5.74) is 1.59. The number of carbonyl (C=O) groups is 4. The van der Waals surface area contributed by atoms with Crippen molar-refractivity contribution in [1.82, 2.24) is 5.32 Å². The molecule has 0 fully saturated rings. The minimum atomic E-state index is -1.00. The fourth-order valence-corrected chi connectivity index (χ4v) is 3.08. The Bertz CT molecular complexity index is 1070. The maximum atomic E-state index is 12.8. The number of esters is 2. The number of hydrogen-bond donors (Lipinski definition) is 2. The van der Waals surface area contributed by atoms with Crippen LogP contribution in [0.2, 0.25) is 0 Å². The van der Waals surface area contributed by atoms with Crippen molar-refractivity contribution in [1.29, 1.82) is 0 Å². The first-order chi connectivity index (χ1) is 16.6. The van der Waals surface area contributed by atoms with E-state index in [0.717, 1.165) is 0 Å². The molecule has 0 spiro atoms. The van der Waals surface area contributed by atoms with Crippen LogP contribution in [0.3, 0.4) is 0 Å². The summed E-state index contributed by atoms with van der Waals surface area (Å²) >= 11 is 0. The Morgan fingerprint density at radius 2 is 1.51 bits per heavy atom. The Hall–Kier alpha value is -4.08. The first kappa shape index (κ1) is 27.2. The van der Waals surface area contributed by atoms with Crippen LogP contribution in [0.5, 0.6) is 11.5 Å². The smallest absolute Gasteiger partial charge is 0.337 e. The van der Waals surface area contributed by atoms with Gasteiger partial charge >= 0.3 is 11.9 Å². The van der Waals surface area contributed by atoms with Gasteiger partial charge < -0.3 is 29.6 Å². The number of methoxy groups -OCH3 is 3. The van der Waals surface area contributed by atoms with E-state index in [2.05, 4.69) is 15.4 Å². The quantitative estimate of drug-likeness (QED) is 0.491. The van der Waals surface area contributed by atoms with Crippen LogP contribution in [0.25, 0.3) is 0 Å². The lowest BCUT2D eigenvalue weighted by atomic mass is 10.0. The minimum absolute atomic E-state index is 0.235. The van der Waals surface area contributed by atoms with Gasteiger partial charge in [-0.1, -0.05) is 19.9 Å². The number of rotatable bonds is 10. The third-order valence-corrected chi connectivity index (χ3v) is 5.10. The van der Waals surface area contributed by atoms with Crippen LogP contribution in [-0.2, 0) is 19.1 Å². The van der Waals surface area contributed by atoms with Gasteiger partial charge in [0, 0.05) is 17.3 Å². The average molecular weight is 487 g/mol. The summed E-state index contributed by atoms with van der Waals surface area (Å²) in [7, 11) is 4.18. The molecule has 1 atom stereocenters. The van der Waals surface area contributed by atoms with Gasteiger partial charge in [-0.05, 0) is 42.7 Å². The first-order valence-corrected chi connectivity index (χ1v) is 10.8. The van der Waals surface area contributed by atoms with Crippen LogP contribution >= 0.6 is 0 Å². The summed E-state index contributed by atoms with van der Waals surface area (Å²) in [5.74, 6) is -1.93. The molecule has 2 rings (SSSR count). The van der Waals surface area contributed by atoms with Crippen LogP contribution in [0, 0.1) is 12.8 Å². The minimum Gasteiger partial charge on any atom is -0.497 e. The Morgan fingerprint density at radius 1 is 0.886 bits per heavy atom. The number of carbonyl (C=O) groups excluding carboxylic acids is 4. The van der Waals surface area contributed by atoms with Gasteiger partial charge in [-0.25, -0.2) is 9.59 Å². The topological polar surface area (TPSA) is 129 Å². The number of anilines is 1. The van der Waals surface area contributed by atoms with Crippen LogP contribution < -0.4 is 20.1 Å². The van der Waals surface area contributed by atoms with Gasteiger partial charge in [0.1, 0.15) is 17.5 Å². The van der Waals surface area contributed by atoms with Gasteiger partial charge in [-0.15, -0.1) is 0 Å². The molecule has 0 heterocycles. The second-order valence-electron chi connectivity index (χ2n) is 7.97. The molecule has 10 nitrogen and oxygen atoms in total. The molecule has 188 valence electrons. The molecular formula is C25H30N2O8. The summed E-state index contributed by atoms with van der Waals surface area (Å²) in [6.45, 7) is 4.65. The molecule has 0 saturated carbocycles. The Kier molecular flexibility index (Phi) is 9.63. The lowest BCUT2D eigenvalue weighted by Crippen LogP contribution is -2.46. The first-order valence-electron chi connectivity index (χ1n) is 10.8. The number of ether oxygens (including phenoxy) is 4. The van der Waals surface area contributed by atoms with E-state index in [-0.39, 0.29) is 17.0 Å². The second kappa shape index (κ2) is 12.4. The van der Waals surface area contributed by atoms with Crippen LogP contribution in [0.1, 0.15) is 40.1 Å². The summed E-state index contributed by atoms with van der Waals surface area (Å²) in [5, 5.41) is 5.24. The van der Waals surface area contributed by atoms with Crippen molar-refractivity contribution in [2.75, 3.05) is 33.3 Å². The highest BCUT2D eigenvalue weighted by atomic mass is 16.5. The molecule has 10 heteroatoms. The van der Waals surface area contributed by atoms with E-state index < -0.39 is 36.4 Å².